The molecule has 0 radical (unpaired) electrons. The summed E-state index contributed by atoms with van der Waals surface area (Å²) in [4.78, 5) is 13.1. The van der Waals surface area contributed by atoms with Gasteiger partial charge >= 0.3 is 7.60 Å². The van der Waals surface area contributed by atoms with Gasteiger partial charge in [-0.25, -0.2) is 4.39 Å². The topological polar surface area (TPSA) is 71.1 Å². The molecule has 2 aliphatic rings. The molecular weight excluding hydrogens is 442 g/mol. The van der Waals surface area contributed by atoms with E-state index in [1.165, 1.54) is 6.07 Å². The van der Waals surface area contributed by atoms with E-state index in [9.17, 15) is 9.36 Å². The van der Waals surface area contributed by atoms with Crippen LogP contribution < -0.4 is 9.47 Å². The number of ketones is 1. The van der Waals surface area contributed by atoms with E-state index in [-0.39, 0.29) is 12.4 Å². The summed E-state index contributed by atoms with van der Waals surface area (Å²) in [6, 6.07) is 9.73. The number of hydrogen-bond acceptors (Lipinski definition) is 6. The number of Topliss-reactive ketones (excluding diaryl/α,β-unsaturated/α-hetero) is 1. The average molecular weight is 457 g/mol. The first-order valence-electron chi connectivity index (χ1n) is 8.00. The van der Waals surface area contributed by atoms with Crippen LogP contribution in [0.2, 0.25) is 0 Å². The molecule has 0 amide bonds. The van der Waals surface area contributed by atoms with Crippen LogP contribution in [0.4, 0.5) is 4.39 Å². The van der Waals surface area contributed by atoms with Gasteiger partial charge < -0.3 is 18.5 Å². The molecule has 2 aromatic rings. The number of ether oxygens (including phenoxy) is 2. The lowest BCUT2D eigenvalue weighted by Gasteiger charge is -2.31. The van der Waals surface area contributed by atoms with Gasteiger partial charge in [0.1, 0.15) is 0 Å². The van der Waals surface area contributed by atoms with E-state index in [1.807, 2.05) is 0 Å². The van der Waals surface area contributed by atoms with E-state index < -0.39 is 24.7 Å². The molecular formula is C18H15BrFO6P. The summed E-state index contributed by atoms with van der Waals surface area (Å²) in [5.74, 6) is -1.41. The number of hydrogen-bond donors (Lipinski definition) is 0. The standard InChI is InChI=1S/C18H15BrFO6P/c1-23-27(22,24-2)18(20)16(10-3-5-11(19)6-4-10)12-7-14-15(26-9-25-14)8-13(12)17(18)21/h3-8,16H,9H2,1-2H3. The van der Waals surface area contributed by atoms with E-state index >= 15 is 4.39 Å². The first-order valence-corrected chi connectivity index (χ1v) is 10.3. The molecule has 0 spiro atoms. The van der Waals surface area contributed by atoms with Gasteiger partial charge in [-0.05, 0) is 35.4 Å². The molecule has 6 nitrogen and oxygen atoms in total. The van der Waals surface area contributed by atoms with Crippen LogP contribution in [0.3, 0.4) is 0 Å². The average Bonchev–Trinajstić information content (AvgIpc) is 3.22. The van der Waals surface area contributed by atoms with Gasteiger partial charge in [0.15, 0.2) is 11.5 Å². The maximum absolute atomic E-state index is 16.4. The molecule has 0 N–H and O–H groups in total. The Morgan fingerprint density at radius 1 is 1.15 bits per heavy atom. The van der Waals surface area contributed by atoms with Crippen LogP contribution in [0.25, 0.3) is 0 Å². The van der Waals surface area contributed by atoms with Crippen LogP contribution in [-0.4, -0.2) is 32.2 Å². The molecule has 0 bridgehead atoms. The first-order chi connectivity index (χ1) is 12.9. The number of carbonyl (C=O) groups excluding carboxylic acids is 1. The van der Waals surface area contributed by atoms with Crippen molar-refractivity contribution in [2.45, 2.75) is 11.3 Å². The van der Waals surface area contributed by atoms with Gasteiger partial charge in [-0.3, -0.25) is 9.36 Å². The molecule has 0 fully saturated rings. The van der Waals surface area contributed by atoms with Gasteiger partial charge in [0.25, 0.3) is 5.41 Å². The quantitative estimate of drug-likeness (QED) is 0.623. The van der Waals surface area contributed by atoms with Gasteiger partial charge in [0.2, 0.25) is 12.6 Å². The summed E-state index contributed by atoms with van der Waals surface area (Å²) < 4.78 is 50.9. The molecule has 0 saturated heterocycles. The normalized spacial score (nSPS) is 23.6. The molecule has 1 heterocycles. The minimum atomic E-state index is -4.44. The van der Waals surface area contributed by atoms with Crippen molar-refractivity contribution in [3.05, 3.63) is 57.6 Å². The first kappa shape index (κ1) is 18.6. The molecule has 1 aliphatic heterocycles. The fourth-order valence-corrected chi connectivity index (χ4v) is 5.52. The second-order valence-corrected chi connectivity index (χ2v) is 9.43. The van der Waals surface area contributed by atoms with Crippen molar-refractivity contribution >= 4 is 29.3 Å². The zero-order valence-corrected chi connectivity index (χ0v) is 16.9. The van der Waals surface area contributed by atoms with Crippen molar-refractivity contribution in [3.63, 3.8) is 0 Å². The summed E-state index contributed by atoms with van der Waals surface area (Å²) in [6.45, 7) is 0.0186. The molecule has 4 rings (SSSR count). The predicted octanol–water partition coefficient (Wildman–Crippen LogP) is 4.66. The van der Waals surface area contributed by atoms with E-state index in [2.05, 4.69) is 15.9 Å². The summed E-state index contributed by atoms with van der Waals surface area (Å²) in [7, 11) is -2.32. The van der Waals surface area contributed by atoms with Gasteiger partial charge in [0.05, 0.1) is 5.92 Å². The maximum atomic E-state index is 16.4. The van der Waals surface area contributed by atoms with Gasteiger partial charge in [-0.2, -0.15) is 0 Å². The monoisotopic (exact) mass is 456 g/mol. The maximum Gasteiger partial charge on any atom is 0.376 e. The highest BCUT2D eigenvalue weighted by Gasteiger charge is 2.67. The van der Waals surface area contributed by atoms with Crippen LogP contribution in [-0.2, 0) is 13.6 Å². The predicted molar refractivity (Wildman–Crippen MR) is 98.3 cm³/mol. The highest BCUT2D eigenvalue weighted by atomic mass is 79.9. The van der Waals surface area contributed by atoms with Crippen LogP contribution in [0.1, 0.15) is 27.4 Å². The molecule has 9 heteroatoms. The van der Waals surface area contributed by atoms with Crippen molar-refractivity contribution in [2.75, 3.05) is 21.0 Å². The summed E-state index contributed by atoms with van der Waals surface area (Å²) in [5, 5.41) is -2.91. The number of alkyl halides is 1. The molecule has 27 heavy (non-hydrogen) atoms. The molecule has 2 atom stereocenters. The molecule has 0 aromatic heterocycles. The summed E-state index contributed by atoms with van der Waals surface area (Å²) in [6.07, 6.45) is 0. The van der Waals surface area contributed by atoms with Gasteiger partial charge in [-0.1, -0.05) is 28.1 Å². The zero-order chi connectivity index (χ0) is 19.4. The number of rotatable bonds is 4. The van der Waals surface area contributed by atoms with E-state index in [1.54, 1.807) is 30.3 Å². The van der Waals surface area contributed by atoms with Crippen LogP contribution in [0, 0.1) is 0 Å². The molecule has 142 valence electrons. The lowest BCUT2D eigenvalue weighted by Crippen LogP contribution is -2.36. The van der Waals surface area contributed by atoms with E-state index in [4.69, 9.17) is 18.5 Å². The Morgan fingerprint density at radius 3 is 2.33 bits per heavy atom. The smallest absolute Gasteiger partial charge is 0.376 e. The lowest BCUT2D eigenvalue weighted by molar-refractivity contribution is 0.0768. The van der Waals surface area contributed by atoms with Crippen molar-refractivity contribution < 1.29 is 32.3 Å². The van der Waals surface area contributed by atoms with Crippen molar-refractivity contribution in [2.24, 2.45) is 0 Å². The second-order valence-electron chi connectivity index (χ2n) is 6.14. The number of carbonyl (C=O) groups is 1. The zero-order valence-electron chi connectivity index (χ0n) is 14.4. The third-order valence-electron chi connectivity index (χ3n) is 4.88. The van der Waals surface area contributed by atoms with E-state index in [0.717, 1.165) is 18.7 Å². The Hall–Kier alpha value is -1.73. The largest absolute Gasteiger partial charge is 0.454 e. The SMILES string of the molecule is COP(=O)(OC)C1(F)C(=O)c2cc3c(cc2C1c1ccc(Br)cc1)OCO3. The Labute approximate surface area is 163 Å². The van der Waals surface area contributed by atoms with Crippen molar-refractivity contribution in [3.8, 4) is 11.5 Å². The summed E-state index contributed by atoms with van der Waals surface area (Å²) >= 11 is 3.33. The third kappa shape index (κ3) is 2.51. The fourth-order valence-electron chi connectivity index (χ4n) is 3.60. The van der Waals surface area contributed by atoms with Crippen LogP contribution >= 0.6 is 23.5 Å². The lowest BCUT2D eigenvalue weighted by atomic mass is 9.91. The van der Waals surface area contributed by atoms with Crippen LogP contribution in [0.15, 0.2) is 40.9 Å². The third-order valence-corrected chi connectivity index (χ3v) is 7.63. The Balaban J connectivity index is 2.00. The molecule has 2 aromatic carbocycles. The van der Waals surface area contributed by atoms with Gasteiger partial charge in [-0.15, -0.1) is 0 Å². The number of benzene rings is 2. The van der Waals surface area contributed by atoms with Gasteiger partial charge in [0, 0.05) is 24.3 Å². The second kappa shape index (κ2) is 6.41. The molecule has 0 saturated carbocycles. The number of halogens is 2. The Bertz CT molecular complexity index is 971. The van der Waals surface area contributed by atoms with Crippen molar-refractivity contribution in [1.29, 1.82) is 0 Å². The minimum Gasteiger partial charge on any atom is -0.454 e. The highest BCUT2D eigenvalue weighted by molar-refractivity contribution is 9.10. The van der Waals surface area contributed by atoms with Crippen LogP contribution in [0.5, 0.6) is 11.5 Å². The molecule has 2 unspecified atom stereocenters. The van der Waals surface area contributed by atoms with Crippen molar-refractivity contribution in [1.82, 2.24) is 0 Å². The van der Waals surface area contributed by atoms with E-state index in [0.29, 0.717) is 22.6 Å². The minimum absolute atomic E-state index is 0.0186. The summed E-state index contributed by atoms with van der Waals surface area (Å²) in [5.41, 5.74) is 0.883. The fraction of sp³-hybridized carbons (Fsp3) is 0.278. The Kier molecular flexibility index (Phi) is 4.42. The highest BCUT2D eigenvalue weighted by Crippen LogP contribution is 2.70. The number of fused-ring (bicyclic) bond motifs is 2. The Morgan fingerprint density at radius 2 is 1.74 bits per heavy atom. The molecule has 1 aliphatic carbocycles.